The fourth-order valence-electron chi connectivity index (χ4n) is 4.24. The maximum Gasteiger partial charge on any atom is 0.319 e. The van der Waals surface area contributed by atoms with Crippen LogP contribution >= 0.6 is 0 Å². The van der Waals surface area contributed by atoms with Crippen LogP contribution in [0.2, 0.25) is 0 Å². The quantitative estimate of drug-likeness (QED) is 0.653. The van der Waals surface area contributed by atoms with Crippen LogP contribution in [0.15, 0.2) is 24.3 Å². The second-order valence-electron chi connectivity index (χ2n) is 7.99. The van der Waals surface area contributed by atoms with Gasteiger partial charge in [0.05, 0.1) is 11.3 Å². The Labute approximate surface area is 162 Å². The number of hydrogen-bond acceptors (Lipinski definition) is 2. The molecule has 0 spiro atoms. The topological polar surface area (TPSA) is 70.2 Å². The van der Waals surface area contributed by atoms with E-state index < -0.39 is 0 Å². The number of hydrogen-bond donors (Lipinski definition) is 3. The summed E-state index contributed by atoms with van der Waals surface area (Å²) in [6.45, 7) is 0. The van der Waals surface area contributed by atoms with Crippen molar-refractivity contribution in [2.75, 3.05) is 5.32 Å². The molecule has 0 aliphatic heterocycles. The molecule has 0 atom stereocenters. The van der Waals surface area contributed by atoms with E-state index in [1.54, 1.807) is 12.1 Å². The van der Waals surface area contributed by atoms with Crippen molar-refractivity contribution in [2.45, 2.75) is 89.1 Å². The van der Waals surface area contributed by atoms with Gasteiger partial charge in [-0.3, -0.25) is 4.79 Å². The zero-order valence-corrected chi connectivity index (χ0v) is 16.3. The predicted molar refractivity (Wildman–Crippen MR) is 109 cm³/mol. The average molecular weight is 372 g/mol. The Hall–Kier alpha value is -2.04. The third-order valence-corrected chi connectivity index (χ3v) is 5.80. The maximum absolute atomic E-state index is 12.8. The predicted octanol–water partition coefficient (Wildman–Crippen LogP) is 4.98. The first-order valence-electron chi connectivity index (χ1n) is 10.7. The molecular weight excluding hydrogens is 338 g/mol. The van der Waals surface area contributed by atoms with E-state index in [0.717, 1.165) is 25.7 Å². The van der Waals surface area contributed by atoms with Gasteiger partial charge in [0.15, 0.2) is 0 Å². The molecule has 0 radical (unpaired) electrons. The van der Waals surface area contributed by atoms with Crippen LogP contribution in [0.3, 0.4) is 0 Å². The Bertz CT molecular complexity index is 616. The first-order chi connectivity index (χ1) is 13.2. The van der Waals surface area contributed by atoms with E-state index in [9.17, 15) is 9.59 Å². The summed E-state index contributed by atoms with van der Waals surface area (Å²) in [5, 5.41) is 9.15. The van der Waals surface area contributed by atoms with E-state index in [4.69, 9.17) is 0 Å². The molecule has 0 unspecified atom stereocenters. The molecule has 1 aromatic rings. The Morgan fingerprint density at radius 1 is 0.704 bits per heavy atom. The molecule has 2 saturated carbocycles. The standard InChI is InChI=1S/C22H33N3O2/c26-21(23-17-11-5-1-2-6-12-17)19-15-9-10-16-20(19)25-22(27)24-18-13-7-3-4-8-14-18/h9-10,15-18H,1-8,11-14H2,(H,23,26)(H2,24,25,27). The molecule has 148 valence electrons. The van der Waals surface area contributed by atoms with Crippen molar-refractivity contribution in [3.8, 4) is 0 Å². The largest absolute Gasteiger partial charge is 0.349 e. The second kappa shape index (κ2) is 10.3. The molecule has 0 bridgehead atoms. The molecule has 1 aromatic carbocycles. The van der Waals surface area contributed by atoms with Gasteiger partial charge in [0, 0.05) is 12.1 Å². The molecule has 0 saturated heterocycles. The van der Waals surface area contributed by atoms with Crippen molar-refractivity contribution in [2.24, 2.45) is 0 Å². The van der Waals surface area contributed by atoms with Crippen molar-refractivity contribution < 1.29 is 9.59 Å². The van der Waals surface area contributed by atoms with Crippen LogP contribution in [-0.2, 0) is 0 Å². The highest BCUT2D eigenvalue weighted by Crippen LogP contribution is 2.21. The minimum atomic E-state index is -0.211. The highest BCUT2D eigenvalue weighted by Gasteiger charge is 2.19. The molecule has 3 rings (SSSR count). The number of nitrogens with one attached hydrogen (secondary N) is 3. The summed E-state index contributed by atoms with van der Waals surface area (Å²) >= 11 is 0. The highest BCUT2D eigenvalue weighted by molar-refractivity contribution is 6.03. The summed E-state index contributed by atoms with van der Waals surface area (Å²) in [5.74, 6) is -0.0905. The molecule has 0 heterocycles. The van der Waals surface area contributed by atoms with Crippen molar-refractivity contribution in [3.05, 3.63) is 29.8 Å². The van der Waals surface area contributed by atoms with Gasteiger partial charge in [-0.15, -0.1) is 0 Å². The van der Waals surface area contributed by atoms with Crippen molar-refractivity contribution in [1.29, 1.82) is 0 Å². The minimum absolute atomic E-state index is 0.0905. The van der Waals surface area contributed by atoms with E-state index in [1.807, 2.05) is 12.1 Å². The Morgan fingerprint density at radius 3 is 1.81 bits per heavy atom. The van der Waals surface area contributed by atoms with Gasteiger partial charge in [0.25, 0.3) is 5.91 Å². The summed E-state index contributed by atoms with van der Waals surface area (Å²) < 4.78 is 0. The first kappa shape index (κ1) is 19.7. The van der Waals surface area contributed by atoms with Crippen molar-refractivity contribution in [3.63, 3.8) is 0 Å². The zero-order valence-electron chi connectivity index (χ0n) is 16.3. The molecule has 3 amide bonds. The van der Waals surface area contributed by atoms with Crippen LogP contribution in [0.25, 0.3) is 0 Å². The lowest BCUT2D eigenvalue weighted by Gasteiger charge is -2.19. The molecule has 27 heavy (non-hydrogen) atoms. The van der Waals surface area contributed by atoms with E-state index in [1.165, 1.54) is 51.4 Å². The third-order valence-electron chi connectivity index (χ3n) is 5.80. The van der Waals surface area contributed by atoms with Crippen LogP contribution in [0.1, 0.15) is 87.4 Å². The van der Waals surface area contributed by atoms with Gasteiger partial charge >= 0.3 is 6.03 Å². The van der Waals surface area contributed by atoms with Gasteiger partial charge in [-0.1, -0.05) is 63.5 Å². The fourth-order valence-corrected chi connectivity index (χ4v) is 4.24. The summed E-state index contributed by atoms with van der Waals surface area (Å²) in [5.41, 5.74) is 1.12. The van der Waals surface area contributed by atoms with Gasteiger partial charge in [0.2, 0.25) is 0 Å². The molecule has 3 N–H and O–H groups in total. The summed E-state index contributed by atoms with van der Waals surface area (Å²) in [4.78, 5) is 25.2. The van der Waals surface area contributed by atoms with Crippen molar-refractivity contribution >= 4 is 17.6 Å². The molecule has 5 heteroatoms. The van der Waals surface area contributed by atoms with Gasteiger partial charge in [-0.25, -0.2) is 4.79 Å². The number of para-hydroxylation sites is 1. The zero-order chi connectivity index (χ0) is 18.9. The molecule has 2 aliphatic carbocycles. The summed E-state index contributed by atoms with van der Waals surface area (Å²) in [6, 6.07) is 7.55. The smallest absolute Gasteiger partial charge is 0.319 e. The normalized spacial score (nSPS) is 19.6. The number of anilines is 1. The lowest BCUT2D eigenvalue weighted by Crippen LogP contribution is -2.38. The summed E-state index contributed by atoms with van der Waals surface area (Å²) in [7, 11) is 0. The third kappa shape index (κ3) is 6.26. The SMILES string of the molecule is O=C(Nc1ccccc1C(=O)NC1CCCCCC1)NC1CCCCCC1. The molecular formula is C22H33N3O2. The number of carbonyl (C=O) groups excluding carboxylic acids is 2. The van der Waals surface area contributed by atoms with E-state index in [2.05, 4.69) is 16.0 Å². The molecule has 0 aromatic heterocycles. The van der Waals surface area contributed by atoms with Crippen LogP contribution < -0.4 is 16.0 Å². The Kier molecular flexibility index (Phi) is 7.55. The van der Waals surface area contributed by atoms with Crippen LogP contribution in [0.5, 0.6) is 0 Å². The first-order valence-corrected chi connectivity index (χ1v) is 10.7. The van der Waals surface area contributed by atoms with Gasteiger partial charge in [-0.05, 0) is 37.8 Å². The highest BCUT2D eigenvalue weighted by atomic mass is 16.2. The lowest BCUT2D eigenvalue weighted by molar-refractivity contribution is 0.0934. The van der Waals surface area contributed by atoms with E-state index in [-0.39, 0.29) is 24.0 Å². The number of benzene rings is 1. The maximum atomic E-state index is 12.8. The second-order valence-corrected chi connectivity index (χ2v) is 7.99. The molecule has 5 nitrogen and oxygen atoms in total. The number of urea groups is 1. The minimum Gasteiger partial charge on any atom is -0.349 e. The summed E-state index contributed by atoms with van der Waals surface area (Å²) in [6.07, 6.45) is 13.9. The lowest BCUT2D eigenvalue weighted by atomic mass is 10.1. The van der Waals surface area contributed by atoms with Crippen LogP contribution in [-0.4, -0.2) is 24.0 Å². The molecule has 2 aliphatic rings. The average Bonchev–Trinajstić information content (AvgIpc) is 3.07. The fraction of sp³-hybridized carbons (Fsp3) is 0.636. The van der Waals surface area contributed by atoms with Gasteiger partial charge in [0.1, 0.15) is 0 Å². The van der Waals surface area contributed by atoms with E-state index in [0.29, 0.717) is 11.3 Å². The number of rotatable bonds is 4. The molecule has 2 fully saturated rings. The van der Waals surface area contributed by atoms with Crippen molar-refractivity contribution in [1.82, 2.24) is 10.6 Å². The Balaban J connectivity index is 1.59. The number of amides is 3. The van der Waals surface area contributed by atoms with Gasteiger partial charge < -0.3 is 16.0 Å². The monoisotopic (exact) mass is 371 g/mol. The number of carbonyl (C=O) groups is 2. The van der Waals surface area contributed by atoms with Gasteiger partial charge in [-0.2, -0.15) is 0 Å². The van der Waals surface area contributed by atoms with Crippen LogP contribution in [0, 0.1) is 0 Å². The van der Waals surface area contributed by atoms with E-state index >= 15 is 0 Å². The van der Waals surface area contributed by atoms with Crippen LogP contribution in [0.4, 0.5) is 10.5 Å². The Morgan fingerprint density at radius 2 is 1.22 bits per heavy atom.